The summed E-state index contributed by atoms with van der Waals surface area (Å²) in [6.45, 7) is 2.53. The Morgan fingerprint density at radius 2 is 1.73 bits per heavy atom. The second-order valence-electron chi connectivity index (χ2n) is 6.03. The van der Waals surface area contributed by atoms with Gasteiger partial charge in [0.2, 0.25) is 23.6 Å². The SMILES string of the molecule is C[C@H](NC(=O)CNC(=O)[C@@H]1CCCN1C(=O)[C@H](C)NC(=O)CN)C(=O)O. The number of rotatable bonds is 8. The Balaban J connectivity index is 2.57. The zero-order valence-corrected chi connectivity index (χ0v) is 14.8. The summed E-state index contributed by atoms with van der Waals surface area (Å²) in [6.07, 6.45) is 1.05. The topological polar surface area (TPSA) is 171 Å². The summed E-state index contributed by atoms with van der Waals surface area (Å²) in [5.74, 6) is -3.23. The van der Waals surface area contributed by atoms with Crippen LogP contribution in [0.15, 0.2) is 0 Å². The summed E-state index contributed by atoms with van der Waals surface area (Å²) in [5, 5.41) is 15.8. The van der Waals surface area contributed by atoms with Gasteiger partial charge in [-0.1, -0.05) is 0 Å². The molecule has 1 fully saturated rings. The molecular formula is C15H25N5O6. The van der Waals surface area contributed by atoms with Crippen molar-refractivity contribution in [1.82, 2.24) is 20.9 Å². The number of carboxylic acid groups (broad SMARTS) is 1. The fourth-order valence-electron chi connectivity index (χ4n) is 2.55. The Morgan fingerprint density at radius 3 is 2.31 bits per heavy atom. The summed E-state index contributed by atoms with van der Waals surface area (Å²) in [5.41, 5.74) is 5.19. The monoisotopic (exact) mass is 371 g/mol. The first-order valence-corrected chi connectivity index (χ1v) is 8.27. The molecule has 1 aliphatic heterocycles. The Hall–Kier alpha value is -2.69. The van der Waals surface area contributed by atoms with Crippen LogP contribution in [0.25, 0.3) is 0 Å². The van der Waals surface area contributed by atoms with Gasteiger partial charge < -0.3 is 31.7 Å². The van der Waals surface area contributed by atoms with Gasteiger partial charge in [0.25, 0.3) is 0 Å². The third-order valence-electron chi connectivity index (χ3n) is 3.94. The number of hydrogen-bond acceptors (Lipinski definition) is 6. The summed E-state index contributed by atoms with van der Waals surface area (Å²) >= 11 is 0. The maximum atomic E-state index is 12.4. The van der Waals surface area contributed by atoms with Gasteiger partial charge in [0, 0.05) is 6.54 Å². The van der Waals surface area contributed by atoms with Gasteiger partial charge in [-0.15, -0.1) is 0 Å². The number of hydrogen-bond donors (Lipinski definition) is 5. The van der Waals surface area contributed by atoms with Crippen LogP contribution in [0, 0.1) is 0 Å². The van der Waals surface area contributed by atoms with E-state index in [1.807, 2.05) is 0 Å². The van der Waals surface area contributed by atoms with E-state index in [0.717, 1.165) is 0 Å². The van der Waals surface area contributed by atoms with Crippen molar-refractivity contribution in [2.24, 2.45) is 5.73 Å². The van der Waals surface area contributed by atoms with Crippen molar-refractivity contribution in [2.45, 2.75) is 44.8 Å². The first-order valence-electron chi connectivity index (χ1n) is 8.27. The minimum atomic E-state index is -1.19. The van der Waals surface area contributed by atoms with E-state index in [1.165, 1.54) is 18.7 Å². The van der Waals surface area contributed by atoms with E-state index in [0.29, 0.717) is 19.4 Å². The van der Waals surface area contributed by atoms with Crippen LogP contribution in [-0.4, -0.2) is 77.4 Å². The largest absolute Gasteiger partial charge is 0.480 e. The highest BCUT2D eigenvalue weighted by Gasteiger charge is 2.36. The summed E-state index contributed by atoms with van der Waals surface area (Å²) in [6, 6.07) is -2.64. The van der Waals surface area contributed by atoms with Crippen molar-refractivity contribution >= 4 is 29.6 Å². The Bertz CT molecular complexity index is 581. The van der Waals surface area contributed by atoms with Gasteiger partial charge in [0.1, 0.15) is 18.1 Å². The lowest BCUT2D eigenvalue weighted by molar-refractivity contribution is -0.142. The quantitative estimate of drug-likeness (QED) is 0.305. The number of carbonyl (C=O) groups excluding carboxylic acids is 4. The molecule has 11 nitrogen and oxygen atoms in total. The standard InChI is InChI=1S/C15H25N5O6/c1-8(18-11(21)6-16)14(24)20-5-3-4-10(20)13(23)17-7-12(22)19-9(2)15(25)26/h8-10H,3-7,16H2,1-2H3,(H,17,23)(H,18,21)(H,19,22)(H,25,26)/t8-,9-,10-/m0/s1. The van der Waals surface area contributed by atoms with E-state index >= 15 is 0 Å². The Labute approximate surface area is 150 Å². The minimum absolute atomic E-state index is 0.245. The van der Waals surface area contributed by atoms with Crippen LogP contribution in [0.4, 0.5) is 0 Å². The molecule has 1 heterocycles. The Morgan fingerprint density at radius 1 is 1.12 bits per heavy atom. The fourth-order valence-corrected chi connectivity index (χ4v) is 2.55. The van der Waals surface area contributed by atoms with Crippen LogP contribution >= 0.6 is 0 Å². The maximum Gasteiger partial charge on any atom is 0.325 e. The molecule has 1 saturated heterocycles. The minimum Gasteiger partial charge on any atom is -0.480 e. The number of nitrogens with zero attached hydrogens (tertiary/aromatic N) is 1. The molecule has 6 N–H and O–H groups in total. The third-order valence-corrected chi connectivity index (χ3v) is 3.94. The van der Waals surface area contributed by atoms with Crippen molar-refractivity contribution in [1.29, 1.82) is 0 Å². The highest BCUT2D eigenvalue weighted by Crippen LogP contribution is 2.18. The Kier molecular flexibility index (Phi) is 7.97. The summed E-state index contributed by atoms with van der Waals surface area (Å²) in [7, 11) is 0. The van der Waals surface area contributed by atoms with E-state index in [9.17, 15) is 24.0 Å². The van der Waals surface area contributed by atoms with Crippen LogP contribution in [0.3, 0.4) is 0 Å². The molecule has 26 heavy (non-hydrogen) atoms. The molecular weight excluding hydrogens is 346 g/mol. The van der Waals surface area contributed by atoms with E-state index < -0.39 is 54.3 Å². The number of nitrogens with one attached hydrogen (secondary N) is 3. The van der Waals surface area contributed by atoms with Crippen LogP contribution < -0.4 is 21.7 Å². The second-order valence-corrected chi connectivity index (χ2v) is 6.03. The zero-order chi connectivity index (χ0) is 19.9. The number of carbonyl (C=O) groups is 5. The van der Waals surface area contributed by atoms with Crippen molar-refractivity contribution < 1.29 is 29.1 Å². The van der Waals surface area contributed by atoms with Crippen molar-refractivity contribution in [3.05, 3.63) is 0 Å². The molecule has 0 radical (unpaired) electrons. The van der Waals surface area contributed by atoms with E-state index in [1.54, 1.807) is 0 Å². The molecule has 0 aromatic heterocycles. The van der Waals surface area contributed by atoms with E-state index in [2.05, 4.69) is 16.0 Å². The van der Waals surface area contributed by atoms with Crippen molar-refractivity contribution in [2.75, 3.05) is 19.6 Å². The maximum absolute atomic E-state index is 12.4. The molecule has 11 heteroatoms. The molecule has 1 aliphatic rings. The molecule has 0 aromatic rings. The third kappa shape index (κ3) is 5.99. The lowest BCUT2D eigenvalue weighted by Crippen LogP contribution is -2.54. The lowest BCUT2D eigenvalue weighted by Gasteiger charge is -2.27. The van der Waals surface area contributed by atoms with Crippen LogP contribution in [0.1, 0.15) is 26.7 Å². The summed E-state index contributed by atoms with van der Waals surface area (Å²) < 4.78 is 0. The zero-order valence-electron chi connectivity index (χ0n) is 14.8. The van der Waals surface area contributed by atoms with Gasteiger partial charge in [-0.05, 0) is 26.7 Å². The molecule has 0 bridgehead atoms. The molecule has 0 aromatic carbocycles. The molecule has 0 aliphatic carbocycles. The van der Waals surface area contributed by atoms with Crippen LogP contribution in [0.5, 0.6) is 0 Å². The molecule has 0 unspecified atom stereocenters. The molecule has 0 spiro atoms. The second kappa shape index (κ2) is 9.70. The molecule has 146 valence electrons. The van der Waals surface area contributed by atoms with Crippen LogP contribution in [0.2, 0.25) is 0 Å². The van der Waals surface area contributed by atoms with Gasteiger partial charge in [-0.3, -0.25) is 24.0 Å². The number of aliphatic carboxylic acids is 1. The van der Waals surface area contributed by atoms with Crippen molar-refractivity contribution in [3.63, 3.8) is 0 Å². The van der Waals surface area contributed by atoms with Gasteiger partial charge in [-0.25, -0.2) is 0 Å². The number of amides is 4. The molecule has 3 atom stereocenters. The first kappa shape index (κ1) is 21.4. The molecule has 1 rings (SSSR count). The highest BCUT2D eigenvalue weighted by atomic mass is 16.4. The number of likely N-dealkylation sites (tertiary alicyclic amines) is 1. The van der Waals surface area contributed by atoms with Gasteiger partial charge >= 0.3 is 5.97 Å². The first-order chi connectivity index (χ1) is 12.2. The predicted octanol–water partition coefficient (Wildman–Crippen LogP) is -2.85. The van der Waals surface area contributed by atoms with Gasteiger partial charge in [0.05, 0.1) is 13.1 Å². The van der Waals surface area contributed by atoms with Gasteiger partial charge in [0.15, 0.2) is 0 Å². The van der Waals surface area contributed by atoms with Crippen LogP contribution in [-0.2, 0) is 24.0 Å². The predicted molar refractivity (Wildman–Crippen MR) is 89.6 cm³/mol. The summed E-state index contributed by atoms with van der Waals surface area (Å²) in [4.78, 5) is 59.7. The fraction of sp³-hybridized carbons (Fsp3) is 0.667. The normalized spacial score (nSPS) is 18.6. The number of carboxylic acids is 1. The van der Waals surface area contributed by atoms with E-state index in [4.69, 9.17) is 10.8 Å². The number of nitrogens with two attached hydrogens (primary N) is 1. The van der Waals surface area contributed by atoms with E-state index in [-0.39, 0.29) is 6.54 Å². The average molecular weight is 371 g/mol. The lowest BCUT2D eigenvalue weighted by atomic mass is 10.2. The van der Waals surface area contributed by atoms with Gasteiger partial charge in [-0.2, -0.15) is 0 Å². The average Bonchev–Trinajstić information content (AvgIpc) is 3.08. The smallest absolute Gasteiger partial charge is 0.325 e. The van der Waals surface area contributed by atoms with Crippen molar-refractivity contribution in [3.8, 4) is 0 Å². The molecule has 4 amide bonds. The molecule has 0 saturated carbocycles. The highest BCUT2D eigenvalue weighted by molar-refractivity contribution is 5.94.